The molecule has 2 amide bonds. The van der Waals surface area contributed by atoms with Crippen LogP contribution in [0.5, 0.6) is 0 Å². The Hall–Kier alpha value is -4.29. The van der Waals surface area contributed by atoms with E-state index in [4.69, 9.17) is 26.2 Å². The Kier molecular flexibility index (Phi) is 12.0. The number of piperidine rings is 1. The summed E-state index contributed by atoms with van der Waals surface area (Å²) in [6.45, 7) is 3.82. The molecule has 10 nitrogen and oxygen atoms in total. The van der Waals surface area contributed by atoms with Crippen molar-refractivity contribution in [3.8, 4) is 11.1 Å². The van der Waals surface area contributed by atoms with Gasteiger partial charge in [0.2, 0.25) is 11.8 Å². The van der Waals surface area contributed by atoms with Gasteiger partial charge in [-0.15, -0.1) is 0 Å². The van der Waals surface area contributed by atoms with Gasteiger partial charge >= 0.3 is 0 Å². The van der Waals surface area contributed by atoms with Crippen LogP contribution in [0, 0.1) is 11.6 Å². The smallest absolute Gasteiger partial charge is 0.222 e. The van der Waals surface area contributed by atoms with E-state index in [0.717, 1.165) is 38.5 Å². The number of nitrogens with zero attached hydrogens (tertiary/aromatic N) is 5. The molecule has 0 radical (unpaired) electrons. The summed E-state index contributed by atoms with van der Waals surface area (Å²) in [5.41, 5.74) is 14.3. The van der Waals surface area contributed by atoms with Crippen LogP contribution in [0.4, 0.5) is 8.78 Å². The van der Waals surface area contributed by atoms with Gasteiger partial charge < -0.3 is 21.1 Å². The quantitative estimate of drug-likeness (QED) is 0.204. The number of amides is 2. The molecule has 0 spiro atoms. The third-order valence-electron chi connectivity index (χ3n) is 8.79. The largest absolute Gasteiger partial charge is 0.404 e. The summed E-state index contributed by atoms with van der Waals surface area (Å²) < 4.78 is 35.9. The van der Waals surface area contributed by atoms with Crippen LogP contribution >= 0.6 is 0 Å². The number of para-hydroxylation sites is 1. The number of rotatable bonds is 13. The van der Waals surface area contributed by atoms with Crippen LogP contribution in [0.25, 0.3) is 27.7 Å². The van der Waals surface area contributed by atoms with Crippen molar-refractivity contribution in [2.24, 2.45) is 16.5 Å². The second kappa shape index (κ2) is 16.5. The number of aromatic nitrogens is 2. The molecule has 2 fully saturated rings. The molecule has 3 heterocycles. The minimum atomic E-state index is -0.605. The minimum Gasteiger partial charge on any atom is -0.404 e. The van der Waals surface area contributed by atoms with Crippen LogP contribution in [0.15, 0.2) is 47.7 Å². The molecule has 2 saturated heterocycles. The zero-order chi connectivity index (χ0) is 33.2. The molecule has 0 bridgehead atoms. The molecule has 0 aliphatic carbocycles. The second-order valence-corrected chi connectivity index (χ2v) is 12.1. The highest BCUT2D eigenvalue weighted by Crippen LogP contribution is 2.31. The monoisotopic (exact) mass is 647 g/mol. The first-order chi connectivity index (χ1) is 22.8. The summed E-state index contributed by atoms with van der Waals surface area (Å²) in [4.78, 5) is 41.5. The normalized spacial score (nSPS) is 16.7. The Balaban J connectivity index is 1.22. The zero-order valence-corrected chi connectivity index (χ0v) is 26.7. The van der Waals surface area contributed by atoms with Crippen LogP contribution in [0.3, 0.4) is 0 Å². The topological polar surface area (TPSA) is 140 Å². The zero-order valence-electron chi connectivity index (χ0n) is 26.7. The molecule has 2 aliphatic rings. The van der Waals surface area contributed by atoms with Crippen molar-refractivity contribution in [3.05, 3.63) is 65.6 Å². The van der Waals surface area contributed by atoms with Crippen molar-refractivity contribution >= 4 is 34.6 Å². The van der Waals surface area contributed by atoms with Gasteiger partial charge in [-0.05, 0) is 49.4 Å². The number of likely N-dealkylation sites (tertiary alicyclic amines) is 1. The number of nitrogens with two attached hydrogens (primary N) is 2. The number of halogens is 2. The molecule has 3 aromatic rings. The Bertz CT molecular complexity index is 1590. The predicted octanol–water partition coefficient (Wildman–Crippen LogP) is 4.59. The van der Waals surface area contributed by atoms with Crippen LogP contribution in [-0.4, -0.2) is 83.2 Å². The van der Waals surface area contributed by atoms with E-state index in [1.807, 2.05) is 9.80 Å². The Morgan fingerprint density at radius 1 is 1.00 bits per heavy atom. The lowest BCUT2D eigenvalue weighted by Gasteiger charge is -2.30. The average Bonchev–Trinajstić information content (AvgIpc) is 3.08. The number of hydrogen-bond donors (Lipinski definition) is 2. The molecule has 0 saturated carbocycles. The van der Waals surface area contributed by atoms with Gasteiger partial charge in [0.25, 0.3) is 0 Å². The van der Waals surface area contributed by atoms with E-state index in [-0.39, 0.29) is 30.0 Å². The molecule has 1 aromatic heterocycles. The van der Waals surface area contributed by atoms with Gasteiger partial charge in [0, 0.05) is 74.7 Å². The first-order valence-corrected chi connectivity index (χ1v) is 16.4. The van der Waals surface area contributed by atoms with Crippen LogP contribution in [-0.2, 0) is 20.9 Å². The standard InChI is InChI=1S/C35H43F2N7O3/c36-29-18-24(19-30(37)28(29)23-43-14-16-47-17-15-43)27-6-5-7-31-35(27)42-32(22-41-31)25(20-38)21-40-26-10-12-44(13-11-26)34(46)9-4-2-1-3-8-33(39)45/h5-7,18-22,26H,1-4,8-17,23,38H2,(H2,39,45). The van der Waals surface area contributed by atoms with E-state index >= 15 is 8.78 Å². The number of allylic oxidation sites excluding steroid dienone is 1. The maximum Gasteiger partial charge on any atom is 0.222 e. The molecular weight excluding hydrogens is 604 g/mol. The van der Waals surface area contributed by atoms with Gasteiger partial charge in [0.15, 0.2) is 0 Å². The highest BCUT2D eigenvalue weighted by molar-refractivity contribution is 6.09. The number of fused-ring (bicyclic) bond motifs is 1. The first kappa shape index (κ1) is 34.1. The Labute approximate surface area is 273 Å². The SMILES string of the molecule is NC=C(C=NC1CCN(C(=O)CCCCCCC(N)=O)CC1)c1cnc2cccc(-c3cc(F)c(CN4CCOCC4)c(F)c3)c2n1. The minimum absolute atomic E-state index is 0.0358. The summed E-state index contributed by atoms with van der Waals surface area (Å²) in [6, 6.07) is 8.10. The Morgan fingerprint density at radius 2 is 1.70 bits per heavy atom. The van der Waals surface area contributed by atoms with E-state index in [1.54, 1.807) is 30.6 Å². The highest BCUT2D eigenvalue weighted by atomic mass is 19.1. The fourth-order valence-electron chi connectivity index (χ4n) is 6.03. The van der Waals surface area contributed by atoms with Crippen LogP contribution in [0.2, 0.25) is 0 Å². The van der Waals surface area contributed by atoms with Crippen molar-refractivity contribution in [3.63, 3.8) is 0 Å². The summed E-state index contributed by atoms with van der Waals surface area (Å²) in [6.07, 6.45) is 10.5. The molecule has 2 aromatic carbocycles. The van der Waals surface area contributed by atoms with Gasteiger partial charge in [-0.2, -0.15) is 0 Å². The molecule has 5 rings (SSSR count). The van der Waals surface area contributed by atoms with Crippen molar-refractivity contribution in [1.29, 1.82) is 0 Å². The number of carbonyl (C=O) groups excluding carboxylic acids is 2. The summed E-state index contributed by atoms with van der Waals surface area (Å²) >= 11 is 0. The molecule has 4 N–H and O–H groups in total. The van der Waals surface area contributed by atoms with Gasteiger partial charge in [-0.1, -0.05) is 25.0 Å². The molecule has 12 heteroatoms. The van der Waals surface area contributed by atoms with Gasteiger partial charge in [-0.25, -0.2) is 13.8 Å². The number of carbonyl (C=O) groups is 2. The van der Waals surface area contributed by atoms with Gasteiger partial charge in [-0.3, -0.25) is 24.5 Å². The molecule has 250 valence electrons. The average molecular weight is 648 g/mol. The van der Waals surface area contributed by atoms with Gasteiger partial charge in [0.05, 0.1) is 42.2 Å². The van der Waals surface area contributed by atoms with Crippen LogP contribution < -0.4 is 11.5 Å². The van der Waals surface area contributed by atoms with E-state index in [1.165, 1.54) is 18.3 Å². The van der Waals surface area contributed by atoms with Crippen molar-refractivity contribution in [2.75, 3.05) is 39.4 Å². The van der Waals surface area contributed by atoms with Crippen LogP contribution in [0.1, 0.15) is 62.6 Å². The molecule has 47 heavy (non-hydrogen) atoms. The fourth-order valence-corrected chi connectivity index (χ4v) is 6.03. The molecule has 2 aliphatic heterocycles. The number of hydrogen-bond acceptors (Lipinski definition) is 8. The first-order valence-electron chi connectivity index (χ1n) is 16.4. The van der Waals surface area contributed by atoms with E-state index < -0.39 is 11.6 Å². The molecule has 0 unspecified atom stereocenters. The summed E-state index contributed by atoms with van der Waals surface area (Å²) in [5, 5.41) is 0. The number of ether oxygens (including phenoxy) is 1. The number of aliphatic imine (C=N–C) groups is 1. The van der Waals surface area contributed by atoms with E-state index in [9.17, 15) is 9.59 Å². The maximum atomic E-state index is 15.3. The summed E-state index contributed by atoms with van der Waals surface area (Å²) in [5.74, 6) is -1.34. The maximum absolute atomic E-state index is 15.3. The lowest BCUT2D eigenvalue weighted by Crippen LogP contribution is -2.39. The number of primary amides is 1. The molecule has 0 atom stereocenters. The number of benzene rings is 2. The van der Waals surface area contributed by atoms with Crippen molar-refractivity contribution in [2.45, 2.75) is 64.0 Å². The molecular formula is C35H43F2N7O3. The highest BCUT2D eigenvalue weighted by Gasteiger charge is 2.22. The predicted molar refractivity (Wildman–Crippen MR) is 178 cm³/mol. The summed E-state index contributed by atoms with van der Waals surface area (Å²) in [7, 11) is 0. The van der Waals surface area contributed by atoms with Gasteiger partial charge in [0.1, 0.15) is 11.6 Å². The Morgan fingerprint density at radius 3 is 2.38 bits per heavy atom. The lowest BCUT2D eigenvalue weighted by molar-refractivity contribution is -0.132. The number of unbranched alkanes of at least 4 members (excludes halogenated alkanes) is 3. The van der Waals surface area contributed by atoms with E-state index in [2.05, 4.69) is 4.98 Å². The number of morpholine rings is 1. The fraction of sp³-hybridized carbons (Fsp3) is 0.457. The third kappa shape index (κ3) is 9.17. The van der Waals surface area contributed by atoms with Crippen molar-refractivity contribution < 1.29 is 23.1 Å². The third-order valence-corrected chi connectivity index (χ3v) is 8.79. The van der Waals surface area contributed by atoms with E-state index in [0.29, 0.717) is 85.7 Å². The van der Waals surface area contributed by atoms with Crippen molar-refractivity contribution in [1.82, 2.24) is 19.8 Å². The second-order valence-electron chi connectivity index (χ2n) is 12.1. The lowest BCUT2D eigenvalue weighted by atomic mass is 10.0.